The highest BCUT2D eigenvalue weighted by Gasteiger charge is 2.52. The first-order chi connectivity index (χ1) is 17.7. The molecule has 5 heterocycles. The number of H-pyrrole nitrogens is 1. The molecule has 2 N–H and O–H groups in total. The summed E-state index contributed by atoms with van der Waals surface area (Å²) in [5.74, 6) is 1.13. The van der Waals surface area contributed by atoms with Crippen molar-refractivity contribution in [3.63, 3.8) is 0 Å². The van der Waals surface area contributed by atoms with Gasteiger partial charge in [-0.3, -0.25) is 4.79 Å². The molecular weight excluding hydrogens is 470 g/mol. The molecule has 36 heavy (non-hydrogen) atoms. The number of carbonyl (C=O) groups is 1. The molecule has 1 aromatic carbocycles. The summed E-state index contributed by atoms with van der Waals surface area (Å²) in [6.07, 6.45) is 9.26. The smallest absolute Gasteiger partial charge is 0.230 e. The van der Waals surface area contributed by atoms with Crippen molar-refractivity contribution in [1.29, 1.82) is 0 Å². The molecule has 3 aliphatic rings. The van der Waals surface area contributed by atoms with Crippen LogP contribution in [0.1, 0.15) is 37.8 Å². The lowest BCUT2D eigenvalue weighted by molar-refractivity contribution is -0.137. The number of amides is 1. The van der Waals surface area contributed by atoms with Crippen molar-refractivity contribution < 1.29 is 4.79 Å². The van der Waals surface area contributed by atoms with E-state index in [1.807, 2.05) is 17.6 Å². The maximum Gasteiger partial charge on any atom is 0.230 e. The fourth-order valence-electron chi connectivity index (χ4n) is 5.67. The lowest BCUT2D eigenvalue weighted by atomic mass is 10.0. The van der Waals surface area contributed by atoms with Crippen molar-refractivity contribution >= 4 is 55.6 Å². The molecule has 0 unspecified atom stereocenters. The van der Waals surface area contributed by atoms with Crippen LogP contribution in [-0.4, -0.2) is 68.4 Å². The van der Waals surface area contributed by atoms with Crippen molar-refractivity contribution in [3.05, 3.63) is 47.9 Å². The molecule has 1 amide bonds. The molecule has 9 heteroatoms. The quantitative estimate of drug-likeness (QED) is 0.396. The molecule has 1 saturated heterocycles. The van der Waals surface area contributed by atoms with Gasteiger partial charge in [-0.05, 0) is 75.0 Å². The lowest BCUT2D eigenvalue weighted by Crippen LogP contribution is -2.44. The number of benzene rings is 1. The maximum absolute atomic E-state index is 13.4. The van der Waals surface area contributed by atoms with Gasteiger partial charge >= 0.3 is 0 Å². The first-order valence-electron chi connectivity index (χ1n) is 12.8. The molecule has 1 saturated carbocycles. The van der Waals surface area contributed by atoms with Crippen molar-refractivity contribution in [2.75, 3.05) is 38.0 Å². The Balaban J connectivity index is 1.08. The van der Waals surface area contributed by atoms with Crippen LogP contribution in [0.4, 0.5) is 11.5 Å². The van der Waals surface area contributed by atoms with E-state index < -0.39 is 0 Å². The first-order valence-corrected chi connectivity index (χ1v) is 13.7. The van der Waals surface area contributed by atoms with Gasteiger partial charge in [-0.15, -0.1) is 11.3 Å². The van der Waals surface area contributed by atoms with E-state index in [-0.39, 0.29) is 5.41 Å². The third-order valence-corrected chi connectivity index (χ3v) is 8.69. The molecule has 1 aliphatic carbocycles. The minimum absolute atomic E-state index is 0.116. The van der Waals surface area contributed by atoms with Gasteiger partial charge in [0, 0.05) is 31.0 Å². The van der Waals surface area contributed by atoms with Gasteiger partial charge in [-0.25, -0.2) is 15.0 Å². The van der Waals surface area contributed by atoms with Gasteiger partial charge in [-0.2, -0.15) is 0 Å². The predicted octanol–water partition coefficient (Wildman–Crippen LogP) is 4.80. The normalized spacial score (nSPS) is 19.7. The molecule has 2 fully saturated rings. The molecule has 184 valence electrons. The number of nitrogens with one attached hydrogen (secondary N) is 2. The molecule has 0 radical (unpaired) electrons. The van der Waals surface area contributed by atoms with Crippen molar-refractivity contribution in [2.45, 2.75) is 32.1 Å². The molecule has 7 rings (SSSR count). The fraction of sp³-hybridized carbons (Fsp3) is 0.407. The summed E-state index contributed by atoms with van der Waals surface area (Å²) in [5, 5.41) is 4.41. The molecule has 0 spiro atoms. The summed E-state index contributed by atoms with van der Waals surface area (Å²) in [6, 6.07) is 8.27. The van der Waals surface area contributed by atoms with Crippen LogP contribution in [0.3, 0.4) is 0 Å². The largest absolute Gasteiger partial charge is 0.340 e. The Bertz CT molecular complexity index is 1480. The first kappa shape index (κ1) is 21.9. The van der Waals surface area contributed by atoms with Gasteiger partial charge < -0.3 is 20.1 Å². The van der Waals surface area contributed by atoms with Crippen LogP contribution in [0.25, 0.3) is 26.8 Å². The van der Waals surface area contributed by atoms with E-state index in [1.54, 1.807) is 17.7 Å². The van der Waals surface area contributed by atoms with Crippen molar-refractivity contribution in [2.24, 2.45) is 5.41 Å². The number of carbonyl (C=O) groups excluding carboxylic acids is 1. The summed E-state index contributed by atoms with van der Waals surface area (Å²) >= 11 is 1.63. The number of aromatic amines is 1. The zero-order valence-electron chi connectivity index (χ0n) is 20.2. The third-order valence-electron chi connectivity index (χ3n) is 7.89. The minimum atomic E-state index is -0.116. The average molecular weight is 500 g/mol. The summed E-state index contributed by atoms with van der Waals surface area (Å²) in [6.45, 7) is 4.70. The standard InChI is InChI=1S/C27H29N7OS/c35-26(27(7-8-27)15-33-9-1-2-10-33)34-11-5-18(6-12-34)22-14-20-24(28-16-29-25(20)32-22)31-19-3-4-21-23(13-19)36-17-30-21/h3-5,13-14,16-17H,1-2,6-12,15H2,(H2,28,29,31,32). The van der Waals surface area contributed by atoms with E-state index in [0.29, 0.717) is 12.5 Å². The van der Waals surface area contributed by atoms with E-state index in [0.717, 1.165) is 83.9 Å². The topological polar surface area (TPSA) is 90.0 Å². The number of thiazole rings is 1. The number of anilines is 2. The van der Waals surface area contributed by atoms with Crippen LogP contribution in [0, 0.1) is 5.41 Å². The Kier molecular flexibility index (Phi) is 5.28. The van der Waals surface area contributed by atoms with E-state index in [4.69, 9.17) is 0 Å². The molecule has 3 aromatic heterocycles. The average Bonchev–Trinajstić information content (AvgIpc) is 3.29. The number of nitrogens with zero attached hydrogens (tertiary/aromatic N) is 5. The Morgan fingerprint density at radius 1 is 1.11 bits per heavy atom. The molecular formula is C27H29N7OS. The fourth-order valence-corrected chi connectivity index (χ4v) is 6.39. The van der Waals surface area contributed by atoms with Crippen LogP contribution in [0.15, 0.2) is 42.2 Å². The monoisotopic (exact) mass is 499 g/mol. The lowest BCUT2D eigenvalue weighted by Gasteiger charge is -2.31. The van der Waals surface area contributed by atoms with Crippen molar-refractivity contribution in [3.8, 4) is 0 Å². The summed E-state index contributed by atoms with van der Waals surface area (Å²) < 4.78 is 1.14. The Morgan fingerprint density at radius 3 is 2.81 bits per heavy atom. The number of aromatic nitrogens is 4. The number of fused-ring (bicyclic) bond motifs is 2. The maximum atomic E-state index is 13.4. The van der Waals surface area contributed by atoms with E-state index >= 15 is 0 Å². The molecule has 0 atom stereocenters. The van der Waals surface area contributed by atoms with E-state index in [2.05, 4.69) is 53.3 Å². The van der Waals surface area contributed by atoms with Crippen LogP contribution < -0.4 is 5.32 Å². The predicted molar refractivity (Wildman–Crippen MR) is 143 cm³/mol. The molecule has 0 bridgehead atoms. The second-order valence-corrected chi connectivity index (χ2v) is 11.2. The van der Waals surface area contributed by atoms with Crippen molar-refractivity contribution in [1.82, 2.24) is 29.7 Å². The van der Waals surface area contributed by atoms with E-state index in [9.17, 15) is 4.79 Å². The second kappa shape index (κ2) is 8.67. The Labute approximate surface area is 213 Å². The number of hydrogen-bond donors (Lipinski definition) is 2. The highest BCUT2D eigenvalue weighted by atomic mass is 32.1. The summed E-state index contributed by atoms with van der Waals surface area (Å²) in [7, 11) is 0. The Morgan fingerprint density at radius 2 is 2.00 bits per heavy atom. The minimum Gasteiger partial charge on any atom is -0.340 e. The number of hydrogen-bond acceptors (Lipinski definition) is 7. The highest BCUT2D eigenvalue weighted by molar-refractivity contribution is 7.16. The van der Waals surface area contributed by atoms with Gasteiger partial charge in [0.1, 0.15) is 17.8 Å². The van der Waals surface area contributed by atoms with Gasteiger partial charge in [0.15, 0.2) is 0 Å². The highest BCUT2D eigenvalue weighted by Crippen LogP contribution is 2.48. The molecule has 4 aromatic rings. The summed E-state index contributed by atoms with van der Waals surface area (Å²) in [4.78, 5) is 34.7. The van der Waals surface area contributed by atoms with Crippen LogP contribution >= 0.6 is 11.3 Å². The van der Waals surface area contributed by atoms with Gasteiger partial charge in [-0.1, -0.05) is 6.08 Å². The van der Waals surface area contributed by atoms with Gasteiger partial charge in [0.2, 0.25) is 5.91 Å². The van der Waals surface area contributed by atoms with E-state index in [1.165, 1.54) is 18.4 Å². The SMILES string of the molecule is O=C(N1CC=C(c2cc3c(Nc4ccc5ncsc5c4)ncnc3[nH]2)CC1)C1(CN2CCCC2)CC1. The van der Waals surface area contributed by atoms with Gasteiger partial charge in [0.05, 0.1) is 26.5 Å². The zero-order chi connectivity index (χ0) is 24.1. The Hall–Kier alpha value is -3.30. The molecule has 8 nitrogen and oxygen atoms in total. The van der Waals surface area contributed by atoms with Crippen LogP contribution in [-0.2, 0) is 4.79 Å². The third kappa shape index (κ3) is 3.96. The van der Waals surface area contributed by atoms with Crippen LogP contribution in [0.5, 0.6) is 0 Å². The van der Waals surface area contributed by atoms with Gasteiger partial charge in [0.25, 0.3) is 0 Å². The zero-order valence-corrected chi connectivity index (χ0v) is 21.0. The molecule has 2 aliphatic heterocycles. The second-order valence-electron chi connectivity index (χ2n) is 10.3. The number of rotatable bonds is 6. The van der Waals surface area contributed by atoms with Crippen LogP contribution in [0.2, 0.25) is 0 Å². The summed E-state index contributed by atoms with van der Waals surface area (Å²) in [5.41, 5.74) is 6.82. The number of likely N-dealkylation sites (tertiary alicyclic amines) is 1.